The van der Waals surface area contributed by atoms with E-state index in [4.69, 9.17) is 22.7 Å². The number of benzene rings is 1. The number of nitrogens with two attached hydrogens (primary N) is 1. The lowest BCUT2D eigenvalue weighted by molar-refractivity contribution is 0.417. The fraction of sp³-hybridized carbons (Fsp3) is 0.100. The number of hydrogen-bond acceptors (Lipinski definition) is 4. The largest absolute Gasteiger partial charge is 0.495 e. The van der Waals surface area contributed by atoms with Crippen LogP contribution in [0.1, 0.15) is 0 Å². The molecule has 0 atom stereocenters. The highest BCUT2D eigenvalue weighted by Gasteiger charge is 2.06. The second-order valence-corrected chi connectivity index (χ2v) is 3.68. The Morgan fingerprint density at radius 2 is 2.12 bits per heavy atom. The maximum atomic E-state index is 5.45. The molecule has 1 aromatic carbocycles. The zero-order valence-corrected chi connectivity index (χ0v) is 9.94. The third-order valence-corrected chi connectivity index (χ3v) is 2.26. The highest BCUT2D eigenvalue weighted by molar-refractivity contribution is 7.80. The van der Waals surface area contributed by atoms with Crippen molar-refractivity contribution in [1.29, 1.82) is 0 Å². The van der Waals surface area contributed by atoms with Gasteiger partial charge in [-0.25, -0.2) is 0 Å². The van der Waals surface area contributed by atoms with Gasteiger partial charge < -0.3 is 15.8 Å². The third kappa shape index (κ3) is 2.51. The molecule has 7 heteroatoms. The van der Waals surface area contributed by atoms with Crippen LogP contribution in [0.3, 0.4) is 0 Å². The summed E-state index contributed by atoms with van der Waals surface area (Å²) in [7, 11) is 1.58. The first-order chi connectivity index (χ1) is 8.20. The van der Waals surface area contributed by atoms with Gasteiger partial charge in [0.15, 0.2) is 5.11 Å². The van der Waals surface area contributed by atoms with Gasteiger partial charge in [-0.1, -0.05) is 0 Å². The summed E-state index contributed by atoms with van der Waals surface area (Å²) in [6, 6.07) is 5.55. The lowest BCUT2D eigenvalue weighted by Gasteiger charge is -2.11. The number of nitrogens with zero attached hydrogens (tertiary/aromatic N) is 3. The van der Waals surface area contributed by atoms with E-state index >= 15 is 0 Å². The van der Waals surface area contributed by atoms with Gasteiger partial charge in [0.25, 0.3) is 0 Å². The summed E-state index contributed by atoms with van der Waals surface area (Å²) < 4.78 is 6.97. The van der Waals surface area contributed by atoms with Crippen molar-refractivity contribution >= 4 is 23.0 Å². The summed E-state index contributed by atoms with van der Waals surface area (Å²) in [5, 5.41) is 10.5. The summed E-state index contributed by atoms with van der Waals surface area (Å²) in [4.78, 5) is 0. The molecule has 2 aromatic rings. The summed E-state index contributed by atoms with van der Waals surface area (Å²) in [6.45, 7) is 0. The number of ether oxygens (including phenoxy) is 1. The average molecular weight is 249 g/mol. The van der Waals surface area contributed by atoms with Crippen LogP contribution in [0.15, 0.2) is 30.9 Å². The molecule has 88 valence electrons. The van der Waals surface area contributed by atoms with Gasteiger partial charge >= 0.3 is 0 Å². The van der Waals surface area contributed by atoms with Crippen molar-refractivity contribution in [3.05, 3.63) is 30.9 Å². The zero-order valence-electron chi connectivity index (χ0n) is 9.12. The number of thiocarbonyl (C=S) groups is 1. The number of aromatic nitrogens is 3. The van der Waals surface area contributed by atoms with E-state index in [1.807, 2.05) is 18.2 Å². The number of anilines is 1. The van der Waals surface area contributed by atoms with Gasteiger partial charge in [-0.15, -0.1) is 10.2 Å². The second kappa shape index (κ2) is 4.79. The Hall–Kier alpha value is -2.15. The molecule has 0 aliphatic heterocycles. The van der Waals surface area contributed by atoms with Crippen LogP contribution >= 0.6 is 12.2 Å². The van der Waals surface area contributed by atoms with Gasteiger partial charge in [0, 0.05) is 0 Å². The second-order valence-electron chi connectivity index (χ2n) is 3.24. The van der Waals surface area contributed by atoms with Crippen LogP contribution in [0.5, 0.6) is 5.75 Å². The molecule has 0 saturated carbocycles. The first-order valence-corrected chi connectivity index (χ1v) is 5.21. The van der Waals surface area contributed by atoms with E-state index in [2.05, 4.69) is 15.5 Å². The fourth-order valence-electron chi connectivity index (χ4n) is 1.42. The Morgan fingerprint density at radius 1 is 1.41 bits per heavy atom. The van der Waals surface area contributed by atoms with Gasteiger partial charge in [0.05, 0.1) is 18.5 Å². The predicted octanol–water partition coefficient (Wildman–Crippen LogP) is 0.931. The van der Waals surface area contributed by atoms with Crippen LogP contribution < -0.4 is 15.8 Å². The van der Waals surface area contributed by atoms with Gasteiger partial charge in [0.2, 0.25) is 0 Å². The molecule has 1 aromatic heterocycles. The minimum absolute atomic E-state index is 0.184. The van der Waals surface area contributed by atoms with Crippen molar-refractivity contribution in [2.24, 2.45) is 5.73 Å². The predicted molar refractivity (Wildman–Crippen MR) is 68.3 cm³/mol. The molecule has 0 amide bonds. The lowest BCUT2D eigenvalue weighted by atomic mass is 10.2. The minimum atomic E-state index is 0.184. The molecular formula is C10H11N5OS. The molecule has 3 N–H and O–H groups in total. The van der Waals surface area contributed by atoms with Crippen molar-refractivity contribution < 1.29 is 4.74 Å². The van der Waals surface area contributed by atoms with Crippen molar-refractivity contribution in [1.82, 2.24) is 14.8 Å². The standard InChI is InChI=1S/C10H11N5OS/c1-16-9-3-2-7(15-5-12-13-6-15)4-8(9)14-10(11)17/h2-6H,1H3,(H3,11,14,17). The molecule has 0 aliphatic carbocycles. The van der Waals surface area contributed by atoms with Crippen LogP contribution in [0.4, 0.5) is 5.69 Å². The smallest absolute Gasteiger partial charge is 0.168 e. The summed E-state index contributed by atoms with van der Waals surface area (Å²) in [6.07, 6.45) is 3.21. The van der Waals surface area contributed by atoms with Crippen LogP contribution in [0.25, 0.3) is 5.69 Å². The van der Waals surface area contributed by atoms with Crippen molar-refractivity contribution in [3.63, 3.8) is 0 Å². The van der Waals surface area contributed by atoms with Crippen LogP contribution in [-0.4, -0.2) is 27.0 Å². The summed E-state index contributed by atoms with van der Waals surface area (Å²) in [5.74, 6) is 0.662. The molecule has 0 fully saturated rings. The number of nitrogens with one attached hydrogen (secondary N) is 1. The van der Waals surface area contributed by atoms with Crippen molar-refractivity contribution in [3.8, 4) is 11.4 Å². The number of rotatable bonds is 3. The number of hydrogen-bond donors (Lipinski definition) is 2. The Balaban J connectivity index is 2.41. The van der Waals surface area contributed by atoms with E-state index < -0.39 is 0 Å². The van der Waals surface area contributed by atoms with E-state index in [0.717, 1.165) is 5.69 Å². The van der Waals surface area contributed by atoms with E-state index in [-0.39, 0.29) is 5.11 Å². The minimum Gasteiger partial charge on any atom is -0.495 e. The summed E-state index contributed by atoms with van der Waals surface area (Å²) in [5.41, 5.74) is 7.03. The van der Waals surface area contributed by atoms with Crippen molar-refractivity contribution in [2.45, 2.75) is 0 Å². The molecule has 2 rings (SSSR count). The van der Waals surface area contributed by atoms with E-state index in [9.17, 15) is 0 Å². The molecule has 0 spiro atoms. The zero-order chi connectivity index (χ0) is 12.3. The van der Waals surface area contributed by atoms with E-state index in [1.165, 1.54) is 0 Å². The monoisotopic (exact) mass is 249 g/mol. The van der Waals surface area contributed by atoms with Gasteiger partial charge in [-0.2, -0.15) is 0 Å². The molecule has 0 aliphatic rings. The fourth-order valence-corrected chi connectivity index (χ4v) is 1.53. The average Bonchev–Trinajstić information content (AvgIpc) is 2.81. The van der Waals surface area contributed by atoms with Gasteiger partial charge in [0.1, 0.15) is 18.4 Å². The molecule has 1 heterocycles. The van der Waals surface area contributed by atoms with E-state index in [0.29, 0.717) is 11.4 Å². The Bertz CT molecular complexity index is 525. The molecule has 0 radical (unpaired) electrons. The van der Waals surface area contributed by atoms with Crippen LogP contribution in [-0.2, 0) is 0 Å². The molecular weight excluding hydrogens is 238 g/mol. The Labute approximate surface area is 103 Å². The quantitative estimate of drug-likeness (QED) is 0.788. The number of methoxy groups -OCH3 is 1. The van der Waals surface area contributed by atoms with Crippen LogP contribution in [0, 0.1) is 0 Å². The maximum absolute atomic E-state index is 5.45. The topological polar surface area (TPSA) is 78.0 Å². The SMILES string of the molecule is COc1ccc(-n2cnnc2)cc1NC(N)=S. The molecule has 0 unspecified atom stereocenters. The van der Waals surface area contributed by atoms with Gasteiger partial charge in [-0.05, 0) is 30.4 Å². The van der Waals surface area contributed by atoms with Crippen LogP contribution in [0.2, 0.25) is 0 Å². The third-order valence-electron chi connectivity index (χ3n) is 2.16. The Morgan fingerprint density at radius 3 is 2.71 bits per heavy atom. The van der Waals surface area contributed by atoms with E-state index in [1.54, 1.807) is 24.3 Å². The normalized spacial score (nSPS) is 9.94. The molecule has 0 bridgehead atoms. The molecule has 17 heavy (non-hydrogen) atoms. The summed E-state index contributed by atoms with van der Waals surface area (Å²) >= 11 is 4.81. The highest BCUT2D eigenvalue weighted by Crippen LogP contribution is 2.26. The van der Waals surface area contributed by atoms with Gasteiger partial charge in [-0.3, -0.25) is 4.57 Å². The maximum Gasteiger partial charge on any atom is 0.168 e. The lowest BCUT2D eigenvalue weighted by Crippen LogP contribution is -2.19. The Kier molecular flexibility index (Phi) is 3.20. The first-order valence-electron chi connectivity index (χ1n) is 4.80. The van der Waals surface area contributed by atoms with Crippen molar-refractivity contribution in [2.75, 3.05) is 12.4 Å². The molecule has 0 saturated heterocycles. The first kappa shape index (κ1) is 11.3. The molecule has 6 nitrogen and oxygen atoms in total. The highest BCUT2D eigenvalue weighted by atomic mass is 32.1.